The molecule has 1 fully saturated rings. The summed E-state index contributed by atoms with van der Waals surface area (Å²) in [4.78, 5) is 29.6. The highest BCUT2D eigenvalue weighted by atomic mass is 16.5. The Hall–Kier alpha value is -3.19. The summed E-state index contributed by atoms with van der Waals surface area (Å²) in [6, 6.07) is 13.1. The maximum Gasteiger partial charge on any atom is 0.267 e. The van der Waals surface area contributed by atoms with Crippen LogP contribution in [0.5, 0.6) is 0 Å². The number of hydroxylamine groups is 1. The number of anilines is 1. The van der Waals surface area contributed by atoms with Crippen molar-refractivity contribution in [3.63, 3.8) is 0 Å². The average molecular weight is 352 g/mol. The first-order chi connectivity index (χ1) is 12.7. The number of amides is 2. The molecule has 2 heterocycles. The molecule has 1 saturated heterocycles. The molecule has 0 radical (unpaired) electrons. The normalized spacial score (nSPS) is 16.7. The lowest BCUT2D eigenvalue weighted by molar-refractivity contribution is -0.124. The zero-order chi connectivity index (χ0) is 18.4. The molecule has 0 saturated carbocycles. The standard InChI is InChI=1S/C19H20N4O3/c24-18(22-26)9-7-14-6-8-17(20-12-14)21-16-10-11-23(13-16)19(25)15-4-2-1-3-5-15/h1-9,12,16,26H,10-11,13H2,(H,20,21)(H,22,24)/t16-/m1/s1. The van der Waals surface area contributed by atoms with Gasteiger partial charge in [-0.25, -0.2) is 10.5 Å². The van der Waals surface area contributed by atoms with Gasteiger partial charge in [0.25, 0.3) is 11.8 Å². The van der Waals surface area contributed by atoms with E-state index in [1.807, 2.05) is 47.4 Å². The topological polar surface area (TPSA) is 94.6 Å². The van der Waals surface area contributed by atoms with Crippen molar-refractivity contribution in [2.45, 2.75) is 12.5 Å². The van der Waals surface area contributed by atoms with Gasteiger partial charge in [-0.1, -0.05) is 18.2 Å². The predicted octanol–water partition coefficient (Wildman–Crippen LogP) is 1.93. The highest BCUT2D eigenvalue weighted by molar-refractivity contribution is 5.94. The maximum atomic E-state index is 12.5. The SMILES string of the molecule is O=C(C=Cc1ccc(N[C@@H]2CCN(C(=O)c3ccccc3)C2)nc1)NO. The summed E-state index contributed by atoms with van der Waals surface area (Å²) in [6.45, 7) is 1.34. The Labute approximate surface area is 151 Å². The number of hydrogen-bond donors (Lipinski definition) is 3. The summed E-state index contributed by atoms with van der Waals surface area (Å²) in [6.07, 6.45) is 5.26. The minimum absolute atomic E-state index is 0.0468. The molecule has 3 N–H and O–H groups in total. The second-order valence-corrected chi connectivity index (χ2v) is 6.03. The molecule has 7 heteroatoms. The van der Waals surface area contributed by atoms with Crippen LogP contribution in [0.3, 0.4) is 0 Å². The molecule has 0 unspecified atom stereocenters. The minimum atomic E-state index is -0.596. The predicted molar refractivity (Wildman–Crippen MR) is 97.6 cm³/mol. The quantitative estimate of drug-likeness (QED) is 0.434. The number of hydrogen-bond acceptors (Lipinski definition) is 5. The molecule has 2 aromatic rings. The van der Waals surface area contributed by atoms with Gasteiger partial charge in [-0.15, -0.1) is 0 Å². The Morgan fingerprint density at radius 3 is 2.69 bits per heavy atom. The third-order valence-electron chi connectivity index (χ3n) is 4.17. The van der Waals surface area contributed by atoms with Gasteiger partial charge in [0.2, 0.25) is 0 Å². The van der Waals surface area contributed by atoms with Crippen LogP contribution in [0.1, 0.15) is 22.3 Å². The number of carbonyl (C=O) groups is 2. The van der Waals surface area contributed by atoms with E-state index < -0.39 is 5.91 Å². The molecule has 26 heavy (non-hydrogen) atoms. The molecule has 1 aromatic carbocycles. The van der Waals surface area contributed by atoms with E-state index in [0.717, 1.165) is 12.0 Å². The summed E-state index contributed by atoms with van der Waals surface area (Å²) >= 11 is 0. The van der Waals surface area contributed by atoms with Gasteiger partial charge in [-0.2, -0.15) is 0 Å². The Morgan fingerprint density at radius 1 is 1.19 bits per heavy atom. The van der Waals surface area contributed by atoms with Gasteiger partial charge in [0.15, 0.2) is 0 Å². The van der Waals surface area contributed by atoms with Crippen molar-refractivity contribution in [3.05, 3.63) is 65.9 Å². The Morgan fingerprint density at radius 2 is 2.00 bits per heavy atom. The number of pyridine rings is 1. The van der Waals surface area contributed by atoms with Crippen molar-refractivity contribution in [1.82, 2.24) is 15.4 Å². The van der Waals surface area contributed by atoms with Crippen molar-refractivity contribution in [1.29, 1.82) is 0 Å². The molecular weight excluding hydrogens is 332 g/mol. The first kappa shape index (κ1) is 17.6. The molecular formula is C19H20N4O3. The van der Waals surface area contributed by atoms with Gasteiger partial charge < -0.3 is 10.2 Å². The second kappa shape index (κ2) is 8.26. The number of nitrogens with zero attached hydrogens (tertiary/aromatic N) is 2. The molecule has 7 nitrogen and oxygen atoms in total. The van der Waals surface area contributed by atoms with E-state index in [-0.39, 0.29) is 11.9 Å². The average Bonchev–Trinajstić information content (AvgIpc) is 3.15. The van der Waals surface area contributed by atoms with E-state index in [0.29, 0.717) is 24.5 Å². The zero-order valence-electron chi connectivity index (χ0n) is 14.1. The number of likely N-dealkylation sites (tertiary alicyclic amines) is 1. The van der Waals surface area contributed by atoms with Crippen LogP contribution >= 0.6 is 0 Å². The molecule has 3 rings (SSSR count). The van der Waals surface area contributed by atoms with Gasteiger partial charge in [0, 0.05) is 37.0 Å². The summed E-state index contributed by atoms with van der Waals surface area (Å²) < 4.78 is 0. The maximum absolute atomic E-state index is 12.5. The molecule has 0 bridgehead atoms. The molecule has 1 atom stereocenters. The van der Waals surface area contributed by atoms with Crippen LogP contribution in [0.2, 0.25) is 0 Å². The van der Waals surface area contributed by atoms with Crippen LogP contribution in [-0.2, 0) is 4.79 Å². The van der Waals surface area contributed by atoms with Crippen LogP contribution in [0.4, 0.5) is 5.82 Å². The Balaban J connectivity index is 1.55. The molecule has 0 spiro atoms. The molecule has 1 aromatic heterocycles. The van der Waals surface area contributed by atoms with Crippen LogP contribution in [-0.4, -0.2) is 46.0 Å². The first-order valence-electron chi connectivity index (χ1n) is 8.35. The van der Waals surface area contributed by atoms with Gasteiger partial charge in [-0.05, 0) is 42.3 Å². The number of carbonyl (C=O) groups excluding carboxylic acids is 2. The zero-order valence-corrected chi connectivity index (χ0v) is 14.1. The Bertz CT molecular complexity index is 790. The van der Waals surface area contributed by atoms with Crippen molar-refractivity contribution in [2.24, 2.45) is 0 Å². The molecule has 1 aliphatic rings. The third kappa shape index (κ3) is 4.46. The van der Waals surface area contributed by atoms with Crippen LogP contribution in [0.25, 0.3) is 6.08 Å². The largest absolute Gasteiger partial charge is 0.365 e. The van der Waals surface area contributed by atoms with E-state index in [1.54, 1.807) is 12.3 Å². The monoisotopic (exact) mass is 352 g/mol. The van der Waals surface area contributed by atoms with E-state index >= 15 is 0 Å². The van der Waals surface area contributed by atoms with Crippen molar-refractivity contribution < 1.29 is 14.8 Å². The van der Waals surface area contributed by atoms with Gasteiger partial charge in [0.1, 0.15) is 5.82 Å². The number of rotatable bonds is 5. The fraction of sp³-hybridized carbons (Fsp3) is 0.211. The van der Waals surface area contributed by atoms with E-state index in [4.69, 9.17) is 5.21 Å². The highest BCUT2D eigenvalue weighted by Crippen LogP contribution is 2.17. The van der Waals surface area contributed by atoms with Gasteiger partial charge in [-0.3, -0.25) is 14.8 Å². The van der Waals surface area contributed by atoms with E-state index in [1.165, 1.54) is 11.6 Å². The van der Waals surface area contributed by atoms with Crippen molar-refractivity contribution in [3.8, 4) is 0 Å². The molecule has 1 aliphatic heterocycles. The summed E-state index contributed by atoms with van der Waals surface area (Å²) in [7, 11) is 0. The number of aromatic nitrogens is 1. The third-order valence-corrected chi connectivity index (χ3v) is 4.17. The molecule has 0 aliphatic carbocycles. The van der Waals surface area contributed by atoms with Crippen molar-refractivity contribution >= 4 is 23.7 Å². The minimum Gasteiger partial charge on any atom is -0.365 e. The van der Waals surface area contributed by atoms with Gasteiger partial charge in [0.05, 0.1) is 0 Å². The summed E-state index contributed by atoms with van der Waals surface area (Å²) in [5, 5.41) is 11.8. The van der Waals surface area contributed by atoms with E-state index in [2.05, 4.69) is 10.3 Å². The molecule has 2 amide bonds. The summed E-state index contributed by atoms with van der Waals surface area (Å²) in [5.41, 5.74) is 2.97. The Kier molecular flexibility index (Phi) is 5.60. The number of nitrogens with one attached hydrogen (secondary N) is 2. The number of benzene rings is 1. The second-order valence-electron chi connectivity index (χ2n) is 6.03. The fourth-order valence-corrected chi connectivity index (χ4v) is 2.83. The first-order valence-corrected chi connectivity index (χ1v) is 8.35. The lowest BCUT2D eigenvalue weighted by atomic mass is 10.2. The van der Waals surface area contributed by atoms with Crippen LogP contribution in [0.15, 0.2) is 54.7 Å². The fourth-order valence-electron chi connectivity index (χ4n) is 2.83. The van der Waals surface area contributed by atoms with E-state index in [9.17, 15) is 9.59 Å². The van der Waals surface area contributed by atoms with Crippen LogP contribution in [0, 0.1) is 0 Å². The lowest BCUT2D eigenvalue weighted by Crippen LogP contribution is -2.31. The molecule has 134 valence electrons. The smallest absolute Gasteiger partial charge is 0.267 e. The van der Waals surface area contributed by atoms with Crippen molar-refractivity contribution in [2.75, 3.05) is 18.4 Å². The van der Waals surface area contributed by atoms with Crippen LogP contribution < -0.4 is 10.8 Å². The summed E-state index contributed by atoms with van der Waals surface area (Å²) in [5.74, 6) is 0.166. The lowest BCUT2D eigenvalue weighted by Gasteiger charge is -2.17. The highest BCUT2D eigenvalue weighted by Gasteiger charge is 2.26. The van der Waals surface area contributed by atoms with Gasteiger partial charge >= 0.3 is 0 Å².